The lowest BCUT2D eigenvalue weighted by molar-refractivity contribution is 0.100. The lowest BCUT2D eigenvalue weighted by atomic mass is 10.1. The van der Waals surface area contributed by atoms with Crippen LogP contribution in [0.2, 0.25) is 5.02 Å². The van der Waals surface area contributed by atoms with Crippen LogP contribution < -0.4 is 5.73 Å². The Hall–Kier alpha value is -1.10. The molecule has 1 heterocycles. The molecule has 0 bridgehead atoms. The maximum absolute atomic E-state index is 11.2. The van der Waals surface area contributed by atoms with Crippen LogP contribution in [-0.4, -0.2) is 24.9 Å². The van der Waals surface area contributed by atoms with Crippen molar-refractivity contribution in [3.05, 3.63) is 33.7 Å². The summed E-state index contributed by atoms with van der Waals surface area (Å²) >= 11 is 7.46. The van der Waals surface area contributed by atoms with Crippen LogP contribution in [0.25, 0.3) is 10.1 Å². The summed E-state index contributed by atoms with van der Waals surface area (Å²) in [7, 11) is 4.03. The predicted molar refractivity (Wildman–Crippen MR) is 72.7 cm³/mol. The summed E-state index contributed by atoms with van der Waals surface area (Å²) in [4.78, 5) is 13.7. The van der Waals surface area contributed by atoms with E-state index in [-0.39, 0.29) is 0 Å². The molecule has 0 spiro atoms. The van der Waals surface area contributed by atoms with E-state index in [4.69, 9.17) is 17.3 Å². The van der Waals surface area contributed by atoms with E-state index in [1.54, 1.807) is 0 Å². The number of carbonyl (C=O) groups excluding carboxylic acids is 1. The minimum Gasteiger partial charge on any atom is -0.365 e. The number of hydrogen-bond acceptors (Lipinski definition) is 3. The number of thiophene rings is 1. The summed E-state index contributed by atoms with van der Waals surface area (Å²) in [5.41, 5.74) is 6.47. The zero-order valence-electron chi connectivity index (χ0n) is 9.66. The first kappa shape index (κ1) is 12.4. The first-order valence-electron chi connectivity index (χ1n) is 5.14. The Bertz CT molecular complexity index is 577. The second-order valence-corrected chi connectivity index (χ2v) is 5.61. The van der Waals surface area contributed by atoms with Crippen LogP contribution in [0.4, 0.5) is 0 Å². The molecule has 0 atom stereocenters. The van der Waals surface area contributed by atoms with Crippen molar-refractivity contribution in [2.75, 3.05) is 14.1 Å². The van der Waals surface area contributed by atoms with Gasteiger partial charge >= 0.3 is 0 Å². The van der Waals surface area contributed by atoms with Crippen molar-refractivity contribution in [2.45, 2.75) is 6.54 Å². The maximum Gasteiger partial charge on any atom is 0.260 e. The highest BCUT2D eigenvalue weighted by Gasteiger charge is 2.14. The summed E-state index contributed by atoms with van der Waals surface area (Å²) in [6, 6.07) is 6.02. The lowest BCUT2D eigenvalue weighted by Crippen LogP contribution is -2.10. The molecule has 0 saturated carbocycles. The third kappa shape index (κ3) is 2.44. The third-order valence-corrected chi connectivity index (χ3v) is 4.09. The SMILES string of the molecule is CN(C)Cc1ccc2c(Cl)c(C(N)=O)sc2c1. The number of primary amides is 1. The van der Waals surface area contributed by atoms with Gasteiger partial charge in [0.25, 0.3) is 5.91 Å². The molecule has 0 radical (unpaired) electrons. The van der Waals surface area contributed by atoms with Crippen molar-refractivity contribution in [2.24, 2.45) is 5.73 Å². The number of carbonyl (C=O) groups is 1. The van der Waals surface area contributed by atoms with Gasteiger partial charge in [0.05, 0.1) is 5.02 Å². The minimum absolute atomic E-state index is 0.434. The number of benzene rings is 1. The molecule has 0 fully saturated rings. The lowest BCUT2D eigenvalue weighted by Gasteiger charge is -2.09. The fraction of sp³-hybridized carbons (Fsp3) is 0.250. The van der Waals surface area contributed by atoms with Crippen LogP contribution in [0.3, 0.4) is 0 Å². The van der Waals surface area contributed by atoms with E-state index >= 15 is 0 Å². The summed E-state index contributed by atoms with van der Waals surface area (Å²) in [5.74, 6) is -0.467. The first-order valence-corrected chi connectivity index (χ1v) is 6.34. The summed E-state index contributed by atoms with van der Waals surface area (Å²) < 4.78 is 1.00. The Labute approximate surface area is 109 Å². The van der Waals surface area contributed by atoms with Crippen LogP contribution in [0, 0.1) is 0 Å². The summed E-state index contributed by atoms with van der Waals surface area (Å²) in [6.45, 7) is 0.858. The van der Waals surface area contributed by atoms with E-state index in [0.29, 0.717) is 9.90 Å². The predicted octanol–water partition coefficient (Wildman–Crippen LogP) is 2.72. The molecule has 90 valence electrons. The Balaban J connectivity index is 2.52. The zero-order valence-corrected chi connectivity index (χ0v) is 11.2. The molecule has 0 unspecified atom stereocenters. The Kier molecular flexibility index (Phi) is 3.38. The third-order valence-electron chi connectivity index (χ3n) is 2.42. The molecule has 2 aromatic rings. The van der Waals surface area contributed by atoms with Gasteiger partial charge < -0.3 is 10.6 Å². The van der Waals surface area contributed by atoms with E-state index in [1.165, 1.54) is 16.9 Å². The topological polar surface area (TPSA) is 46.3 Å². The standard InChI is InChI=1S/C12H13ClN2OS/c1-15(2)6-7-3-4-8-9(5-7)17-11(10(8)13)12(14)16/h3-5H,6H2,1-2H3,(H2,14,16). The molecule has 1 aromatic carbocycles. The molecule has 0 aliphatic carbocycles. The largest absolute Gasteiger partial charge is 0.365 e. The molecule has 2 N–H and O–H groups in total. The van der Waals surface area contributed by atoms with Gasteiger partial charge in [0.1, 0.15) is 4.88 Å². The van der Waals surface area contributed by atoms with Gasteiger partial charge in [0.15, 0.2) is 0 Å². The summed E-state index contributed by atoms with van der Waals surface area (Å²) in [5, 5.41) is 1.36. The zero-order chi connectivity index (χ0) is 12.6. The molecular weight excluding hydrogens is 256 g/mol. The normalized spacial score (nSPS) is 11.3. The molecule has 1 aromatic heterocycles. The van der Waals surface area contributed by atoms with Gasteiger partial charge in [0, 0.05) is 16.6 Å². The highest BCUT2D eigenvalue weighted by molar-refractivity contribution is 7.21. The van der Waals surface area contributed by atoms with Crippen molar-refractivity contribution in [1.82, 2.24) is 4.90 Å². The first-order chi connectivity index (χ1) is 7.99. The monoisotopic (exact) mass is 268 g/mol. The van der Waals surface area contributed by atoms with E-state index in [0.717, 1.165) is 16.6 Å². The van der Waals surface area contributed by atoms with Gasteiger partial charge in [0.2, 0.25) is 0 Å². The Morgan fingerprint density at radius 1 is 1.47 bits per heavy atom. The highest BCUT2D eigenvalue weighted by Crippen LogP contribution is 2.35. The Morgan fingerprint density at radius 2 is 2.18 bits per heavy atom. The fourth-order valence-corrected chi connectivity index (χ4v) is 3.17. The van der Waals surface area contributed by atoms with E-state index in [2.05, 4.69) is 11.0 Å². The molecule has 5 heteroatoms. The van der Waals surface area contributed by atoms with Crippen molar-refractivity contribution in [3.8, 4) is 0 Å². The van der Waals surface area contributed by atoms with Crippen molar-refractivity contribution in [3.63, 3.8) is 0 Å². The smallest absolute Gasteiger partial charge is 0.260 e. The second-order valence-electron chi connectivity index (χ2n) is 4.18. The Morgan fingerprint density at radius 3 is 2.76 bits per heavy atom. The van der Waals surface area contributed by atoms with Crippen molar-refractivity contribution < 1.29 is 4.79 Å². The van der Waals surface area contributed by atoms with Crippen LogP contribution >= 0.6 is 22.9 Å². The quantitative estimate of drug-likeness (QED) is 0.930. The van der Waals surface area contributed by atoms with E-state index < -0.39 is 5.91 Å². The molecule has 0 aliphatic heterocycles. The number of hydrogen-bond donors (Lipinski definition) is 1. The molecule has 0 aliphatic rings. The molecular formula is C12H13ClN2OS. The highest BCUT2D eigenvalue weighted by atomic mass is 35.5. The number of nitrogens with two attached hydrogens (primary N) is 1. The molecule has 2 rings (SSSR count). The van der Waals surface area contributed by atoms with Crippen LogP contribution in [0.5, 0.6) is 0 Å². The van der Waals surface area contributed by atoms with Crippen LogP contribution in [0.1, 0.15) is 15.2 Å². The van der Waals surface area contributed by atoms with Gasteiger partial charge in [-0.3, -0.25) is 4.79 Å². The van der Waals surface area contributed by atoms with Crippen LogP contribution in [-0.2, 0) is 6.54 Å². The maximum atomic E-state index is 11.2. The number of nitrogens with zero attached hydrogens (tertiary/aromatic N) is 1. The van der Waals surface area contributed by atoms with Gasteiger partial charge in [-0.1, -0.05) is 23.7 Å². The molecule has 1 amide bonds. The van der Waals surface area contributed by atoms with E-state index in [1.807, 2.05) is 26.2 Å². The van der Waals surface area contributed by atoms with Gasteiger partial charge in [-0.2, -0.15) is 0 Å². The second kappa shape index (κ2) is 4.64. The van der Waals surface area contributed by atoms with Crippen molar-refractivity contribution >= 4 is 38.9 Å². The van der Waals surface area contributed by atoms with Gasteiger partial charge in [-0.25, -0.2) is 0 Å². The summed E-state index contributed by atoms with van der Waals surface area (Å²) in [6.07, 6.45) is 0. The van der Waals surface area contributed by atoms with Gasteiger partial charge in [-0.15, -0.1) is 11.3 Å². The average Bonchev–Trinajstić information content (AvgIpc) is 2.55. The molecule has 3 nitrogen and oxygen atoms in total. The fourth-order valence-electron chi connectivity index (χ4n) is 1.73. The van der Waals surface area contributed by atoms with Crippen LogP contribution in [0.15, 0.2) is 18.2 Å². The van der Waals surface area contributed by atoms with Gasteiger partial charge in [-0.05, 0) is 25.7 Å². The average molecular weight is 269 g/mol. The number of amides is 1. The number of halogens is 1. The van der Waals surface area contributed by atoms with E-state index in [9.17, 15) is 4.79 Å². The van der Waals surface area contributed by atoms with Crippen molar-refractivity contribution in [1.29, 1.82) is 0 Å². The minimum atomic E-state index is -0.467. The molecule has 0 saturated heterocycles. The molecule has 17 heavy (non-hydrogen) atoms. The number of fused-ring (bicyclic) bond motifs is 1. The number of rotatable bonds is 3.